The Bertz CT molecular complexity index is 719. The van der Waals surface area contributed by atoms with E-state index in [2.05, 4.69) is 52.7 Å². The topological polar surface area (TPSA) is 38.4 Å². The number of rotatable bonds is 2. The van der Waals surface area contributed by atoms with Crippen molar-refractivity contribution in [1.29, 1.82) is 0 Å². The molecule has 2 aromatic carbocycles. The van der Waals surface area contributed by atoms with Gasteiger partial charge in [-0.1, -0.05) is 70.7 Å². The van der Waals surface area contributed by atoms with Crippen LogP contribution in [0.4, 0.5) is 11.4 Å². The lowest BCUT2D eigenvalue weighted by molar-refractivity contribution is -0.435. The van der Waals surface area contributed by atoms with Crippen LogP contribution in [0.1, 0.15) is 52.7 Å². The third-order valence-corrected chi connectivity index (χ3v) is 3.85. The van der Waals surface area contributed by atoms with Crippen molar-refractivity contribution in [3.05, 3.63) is 64.9 Å². The van der Waals surface area contributed by atoms with E-state index in [-0.39, 0.29) is 10.8 Å². The summed E-state index contributed by atoms with van der Waals surface area (Å²) >= 11 is 0. The van der Waals surface area contributed by atoms with Crippen molar-refractivity contribution >= 4 is 11.4 Å². The molecule has 0 aliphatic heterocycles. The van der Waals surface area contributed by atoms with E-state index in [1.165, 1.54) is 0 Å². The molecule has 0 radical (unpaired) electrons. The Labute approximate surface area is 139 Å². The largest absolute Gasteiger partial charge is 0.594 e. The molecule has 3 heteroatoms. The minimum atomic E-state index is 0.00298. The Morgan fingerprint density at radius 1 is 0.783 bits per heavy atom. The summed E-state index contributed by atoms with van der Waals surface area (Å²) < 4.78 is 0. The van der Waals surface area contributed by atoms with Crippen LogP contribution in [-0.2, 0) is 10.8 Å². The van der Waals surface area contributed by atoms with Crippen LogP contribution in [-0.4, -0.2) is 4.86 Å². The van der Waals surface area contributed by atoms with Gasteiger partial charge < -0.3 is 5.21 Å². The number of hydrogen-bond donors (Lipinski definition) is 0. The third-order valence-electron chi connectivity index (χ3n) is 3.85. The van der Waals surface area contributed by atoms with E-state index >= 15 is 0 Å². The van der Waals surface area contributed by atoms with Crippen molar-refractivity contribution in [2.24, 2.45) is 5.11 Å². The second-order valence-electron chi connectivity index (χ2n) is 7.97. The van der Waals surface area contributed by atoms with Crippen molar-refractivity contribution in [2.45, 2.75) is 52.4 Å². The van der Waals surface area contributed by atoms with Crippen LogP contribution in [0.2, 0.25) is 0 Å². The quantitative estimate of drug-likeness (QED) is 0.369. The summed E-state index contributed by atoms with van der Waals surface area (Å²) in [5, 5.41) is 16.6. The normalized spacial score (nSPS) is 13.2. The second-order valence-corrected chi connectivity index (χ2v) is 7.97. The molecule has 0 spiro atoms. The molecule has 0 heterocycles. The highest BCUT2D eigenvalue weighted by Crippen LogP contribution is 2.28. The van der Waals surface area contributed by atoms with Gasteiger partial charge in [0.15, 0.2) is 0 Å². The summed E-state index contributed by atoms with van der Waals surface area (Å²) in [4.78, 5) is 0.705. The predicted molar refractivity (Wildman–Crippen MR) is 95.7 cm³/mol. The number of hydrogen-bond acceptors (Lipinski definition) is 2. The van der Waals surface area contributed by atoms with Crippen molar-refractivity contribution < 1.29 is 4.86 Å². The highest BCUT2D eigenvalue weighted by Gasteiger charge is 2.17. The van der Waals surface area contributed by atoms with Gasteiger partial charge in [-0.3, -0.25) is 0 Å². The summed E-state index contributed by atoms with van der Waals surface area (Å²) in [6.07, 6.45) is 0. The fourth-order valence-corrected chi connectivity index (χ4v) is 2.29. The van der Waals surface area contributed by atoms with Crippen molar-refractivity contribution in [2.75, 3.05) is 0 Å². The standard InChI is InChI=1S/C20H26N2O/c1-19(2,3)15-9-7-11-17(13-15)21-22(23)18-12-8-10-16(14-18)20(4,5)6/h7-14H,1-6H3. The fourth-order valence-electron chi connectivity index (χ4n) is 2.29. The molecule has 23 heavy (non-hydrogen) atoms. The number of azo groups is 1. The van der Waals surface area contributed by atoms with Crippen LogP contribution in [0.3, 0.4) is 0 Å². The van der Waals surface area contributed by atoms with Gasteiger partial charge in [0.25, 0.3) is 0 Å². The second kappa shape index (κ2) is 6.15. The Kier molecular flexibility index (Phi) is 4.60. The summed E-state index contributed by atoms with van der Waals surface area (Å²) in [7, 11) is 0. The zero-order valence-corrected chi connectivity index (χ0v) is 14.9. The summed E-state index contributed by atoms with van der Waals surface area (Å²) in [6.45, 7) is 12.8. The third kappa shape index (κ3) is 4.41. The maximum atomic E-state index is 12.4. The highest BCUT2D eigenvalue weighted by molar-refractivity contribution is 5.42. The van der Waals surface area contributed by atoms with E-state index in [9.17, 15) is 5.21 Å². The van der Waals surface area contributed by atoms with Gasteiger partial charge in [-0.15, -0.1) is 0 Å². The Morgan fingerprint density at radius 2 is 1.30 bits per heavy atom. The molecule has 122 valence electrons. The van der Waals surface area contributed by atoms with Gasteiger partial charge in [0.2, 0.25) is 5.69 Å². The molecular weight excluding hydrogens is 284 g/mol. The maximum absolute atomic E-state index is 12.4. The smallest absolute Gasteiger partial charge is 0.245 e. The predicted octanol–water partition coefficient (Wildman–Crippen LogP) is 6.21. The molecule has 2 aromatic rings. The summed E-state index contributed by atoms with van der Waals surface area (Å²) in [6, 6.07) is 15.5. The van der Waals surface area contributed by atoms with Crippen molar-refractivity contribution in [3.63, 3.8) is 0 Å². The van der Waals surface area contributed by atoms with E-state index < -0.39 is 0 Å². The minimum absolute atomic E-state index is 0.00298. The zero-order valence-electron chi connectivity index (χ0n) is 14.9. The Balaban J connectivity index is 2.37. The first-order valence-electron chi connectivity index (χ1n) is 7.97. The molecule has 0 aliphatic carbocycles. The van der Waals surface area contributed by atoms with Gasteiger partial charge >= 0.3 is 0 Å². The minimum Gasteiger partial charge on any atom is -0.594 e. The van der Waals surface area contributed by atoms with E-state index in [1.807, 2.05) is 36.4 Å². The lowest BCUT2D eigenvalue weighted by atomic mass is 9.87. The van der Waals surface area contributed by atoms with E-state index in [0.29, 0.717) is 16.2 Å². The molecule has 0 N–H and O–H groups in total. The van der Waals surface area contributed by atoms with Gasteiger partial charge in [0, 0.05) is 17.2 Å². The summed E-state index contributed by atoms with van der Waals surface area (Å²) in [5.74, 6) is 0. The molecule has 0 amide bonds. The van der Waals surface area contributed by atoms with Crippen molar-refractivity contribution in [1.82, 2.24) is 0 Å². The molecule has 0 saturated carbocycles. The van der Waals surface area contributed by atoms with E-state index in [1.54, 1.807) is 6.07 Å². The lowest BCUT2D eigenvalue weighted by Crippen LogP contribution is -2.11. The number of benzene rings is 2. The monoisotopic (exact) mass is 310 g/mol. The van der Waals surface area contributed by atoms with Crippen LogP contribution in [0, 0.1) is 5.21 Å². The highest BCUT2D eigenvalue weighted by atomic mass is 16.5. The molecule has 0 aromatic heterocycles. The fraction of sp³-hybridized carbons (Fsp3) is 0.400. The SMILES string of the molecule is CC(C)(C)c1cccc(N=[N+]([O-])c2cccc(C(C)(C)C)c2)c1. The lowest BCUT2D eigenvalue weighted by Gasteiger charge is -2.19. The van der Waals surface area contributed by atoms with E-state index in [4.69, 9.17) is 0 Å². The Morgan fingerprint density at radius 3 is 1.87 bits per heavy atom. The van der Waals surface area contributed by atoms with Crippen LogP contribution >= 0.6 is 0 Å². The zero-order chi connectivity index (χ0) is 17.3. The molecule has 3 nitrogen and oxygen atoms in total. The van der Waals surface area contributed by atoms with Crippen LogP contribution < -0.4 is 0 Å². The molecule has 2 rings (SSSR count). The first-order chi connectivity index (χ1) is 10.6. The molecule has 0 fully saturated rings. The average Bonchev–Trinajstić information content (AvgIpc) is 2.46. The van der Waals surface area contributed by atoms with Crippen LogP contribution in [0.5, 0.6) is 0 Å². The first-order valence-corrected chi connectivity index (χ1v) is 7.97. The van der Waals surface area contributed by atoms with Gasteiger partial charge in [0.1, 0.15) is 5.69 Å². The maximum Gasteiger partial charge on any atom is 0.245 e. The molecule has 0 aliphatic rings. The first kappa shape index (κ1) is 17.2. The van der Waals surface area contributed by atoms with Gasteiger partial charge in [0.05, 0.1) is 0 Å². The van der Waals surface area contributed by atoms with Crippen molar-refractivity contribution in [3.8, 4) is 0 Å². The molecule has 0 unspecified atom stereocenters. The van der Waals surface area contributed by atoms with Gasteiger partial charge in [-0.2, -0.15) is 0 Å². The Hall–Kier alpha value is -2.16. The molecule has 0 atom stereocenters. The van der Waals surface area contributed by atoms with E-state index in [0.717, 1.165) is 11.1 Å². The van der Waals surface area contributed by atoms with Gasteiger partial charge in [-0.05, 0) is 34.1 Å². The average molecular weight is 310 g/mol. The number of nitrogens with zero attached hydrogens (tertiary/aromatic N) is 2. The molecular formula is C20H26N2O. The molecule has 0 bridgehead atoms. The summed E-state index contributed by atoms with van der Waals surface area (Å²) in [5.41, 5.74) is 3.55. The van der Waals surface area contributed by atoms with Crippen LogP contribution in [0.15, 0.2) is 53.6 Å². The van der Waals surface area contributed by atoms with Crippen LogP contribution in [0.25, 0.3) is 0 Å². The molecule has 0 saturated heterocycles. The van der Waals surface area contributed by atoms with Gasteiger partial charge in [-0.25, -0.2) is 0 Å².